The summed E-state index contributed by atoms with van der Waals surface area (Å²) in [5.41, 5.74) is 0.337. The standard InChI is InChI=1S/C24H16O5/c25-22-15-16-11-12-17(23(26)28-19-7-3-1-4-8-19)13-18(16)14-21(22)24(27)29-20-9-5-2-6-10-20/h1-15,25H. The summed E-state index contributed by atoms with van der Waals surface area (Å²) >= 11 is 0. The molecule has 29 heavy (non-hydrogen) atoms. The number of para-hydroxylation sites is 2. The highest BCUT2D eigenvalue weighted by atomic mass is 16.5. The molecule has 142 valence electrons. The Morgan fingerprint density at radius 2 is 1.21 bits per heavy atom. The number of phenols is 1. The third-order valence-electron chi connectivity index (χ3n) is 4.32. The average molecular weight is 384 g/mol. The summed E-state index contributed by atoms with van der Waals surface area (Å²) in [5, 5.41) is 11.5. The highest BCUT2D eigenvalue weighted by Gasteiger charge is 2.16. The molecule has 0 bridgehead atoms. The zero-order valence-corrected chi connectivity index (χ0v) is 15.2. The Hall–Kier alpha value is -4.12. The first kappa shape index (κ1) is 18.3. The monoisotopic (exact) mass is 384 g/mol. The Bertz CT molecular complexity index is 1180. The summed E-state index contributed by atoms with van der Waals surface area (Å²) in [5.74, 6) is -0.585. The van der Waals surface area contributed by atoms with Crippen molar-refractivity contribution in [2.75, 3.05) is 0 Å². The quantitative estimate of drug-likeness (QED) is 0.397. The van der Waals surface area contributed by atoms with Crippen LogP contribution < -0.4 is 9.47 Å². The Labute approximate surface area is 166 Å². The van der Waals surface area contributed by atoms with E-state index in [1.807, 2.05) is 6.07 Å². The van der Waals surface area contributed by atoms with Crippen LogP contribution in [0.1, 0.15) is 20.7 Å². The van der Waals surface area contributed by atoms with Crippen molar-refractivity contribution in [3.8, 4) is 17.2 Å². The normalized spacial score (nSPS) is 10.5. The number of aromatic hydroxyl groups is 1. The Morgan fingerprint density at radius 1 is 0.621 bits per heavy atom. The molecule has 0 saturated carbocycles. The van der Waals surface area contributed by atoms with Crippen LogP contribution in [0.3, 0.4) is 0 Å². The molecule has 4 aromatic rings. The Balaban J connectivity index is 1.63. The fourth-order valence-electron chi connectivity index (χ4n) is 2.88. The van der Waals surface area contributed by atoms with E-state index in [2.05, 4.69) is 0 Å². The molecule has 4 rings (SSSR count). The van der Waals surface area contributed by atoms with Gasteiger partial charge in [0.15, 0.2) is 0 Å². The third-order valence-corrected chi connectivity index (χ3v) is 4.32. The van der Waals surface area contributed by atoms with Crippen LogP contribution in [0.25, 0.3) is 10.8 Å². The minimum atomic E-state index is -0.687. The van der Waals surface area contributed by atoms with Gasteiger partial charge in [0.1, 0.15) is 22.8 Å². The Kier molecular flexibility index (Phi) is 4.95. The number of rotatable bonds is 4. The van der Waals surface area contributed by atoms with E-state index in [0.717, 1.165) is 0 Å². The summed E-state index contributed by atoms with van der Waals surface area (Å²) in [7, 11) is 0. The van der Waals surface area contributed by atoms with E-state index in [4.69, 9.17) is 9.47 Å². The van der Waals surface area contributed by atoms with Crippen LogP contribution in [0, 0.1) is 0 Å². The van der Waals surface area contributed by atoms with Gasteiger partial charge in [-0.3, -0.25) is 0 Å². The topological polar surface area (TPSA) is 72.8 Å². The maximum absolute atomic E-state index is 12.5. The van der Waals surface area contributed by atoms with Crippen molar-refractivity contribution < 1.29 is 24.2 Å². The maximum atomic E-state index is 12.5. The smallest absolute Gasteiger partial charge is 0.347 e. The molecule has 0 amide bonds. The van der Waals surface area contributed by atoms with Crippen molar-refractivity contribution >= 4 is 22.7 Å². The average Bonchev–Trinajstić information content (AvgIpc) is 2.74. The van der Waals surface area contributed by atoms with Gasteiger partial charge in [0.05, 0.1) is 5.56 Å². The molecule has 0 fully saturated rings. The highest BCUT2D eigenvalue weighted by Crippen LogP contribution is 2.27. The number of hydrogen-bond donors (Lipinski definition) is 1. The van der Waals surface area contributed by atoms with Crippen molar-refractivity contribution in [2.45, 2.75) is 0 Å². The maximum Gasteiger partial charge on any atom is 0.347 e. The molecule has 0 atom stereocenters. The summed E-state index contributed by atoms with van der Waals surface area (Å²) < 4.78 is 10.6. The van der Waals surface area contributed by atoms with Crippen LogP contribution >= 0.6 is 0 Å². The van der Waals surface area contributed by atoms with Gasteiger partial charge in [-0.05, 0) is 59.3 Å². The molecule has 0 heterocycles. The summed E-state index contributed by atoms with van der Waals surface area (Å²) in [6, 6.07) is 25.2. The summed E-state index contributed by atoms with van der Waals surface area (Å²) in [6.07, 6.45) is 0. The second-order valence-electron chi connectivity index (χ2n) is 6.34. The van der Waals surface area contributed by atoms with Gasteiger partial charge in [0.25, 0.3) is 0 Å². The molecule has 5 nitrogen and oxygen atoms in total. The van der Waals surface area contributed by atoms with Crippen molar-refractivity contribution in [2.24, 2.45) is 0 Å². The Morgan fingerprint density at radius 3 is 1.83 bits per heavy atom. The van der Waals surface area contributed by atoms with Crippen LogP contribution in [0.2, 0.25) is 0 Å². The lowest BCUT2D eigenvalue weighted by atomic mass is 10.0. The lowest BCUT2D eigenvalue weighted by Gasteiger charge is -2.09. The predicted octanol–water partition coefficient (Wildman–Crippen LogP) is 4.98. The van der Waals surface area contributed by atoms with Gasteiger partial charge in [-0.2, -0.15) is 0 Å². The molecule has 4 aromatic carbocycles. The molecule has 0 unspecified atom stereocenters. The van der Waals surface area contributed by atoms with E-state index < -0.39 is 11.9 Å². The number of ether oxygens (including phenoxy) is 2. The van der Waals surface area contributed by atoms with Crippen LogP contribution in [0.5, 0.6) is 17.2 Å². The minimum absolute atomic E-state index is 0.00919. The molecular formula is C24H16O5. The number of phenolic OH excluding ortho intramolecular Hbond substituents is 1. The van der Waals surface area contributed by atoms with Gasteiger partial charge in [-0.1, -0.05) is 42.5 Å². The molecule has 0 radical (unpaired) electrons. The predicted molar refractivity (Wildman–Crippen MR) is 108 cm³/mol. The second-order valence-corrected chi connectivity index (χ2v) is 6.34. The lowest BCUT2D eigenvalue weighted by Crippen LogP contribution is -2.09. The number of esters is 2. The molecular weight excluding hydrogens is 368 g/mol. The first-order valence-electron chi connectivity index (χ1n) is 8.91. The zero-order chi connectivity index (χ0) is 20.2. The SMILES string of the molecule is O=C(Oc1ccccc1)c1ccc2cc(O)c(C(=O)Oc3ccccc3)cc2c1. The summed E-state index contributed by atoms with van der Waals surface area (Å²) in [4.78, 5) is 24.9. The van der Waals surface area contributed by atoms with Gasteiger partial charge in [0, 0.05) is 0 Å². The number of carbonyl (C=O) groups is 2. The van der Waals surface area contributed by atoms with Crippen LogP contribution in [0.15, 0.2) is 91.0 Å². The molecule has 0 aliphatic rings. The molecule has 0 saturated heterocycles. The molecule has 0 aromatic heterocycles. The van der Waals surface area contributed by atoms with Gasteiger partial charge in [0.2, 0.25) is 0 Å². The van der Waals surface area contributed by atoms with Crippen molar-refractivity contribution in [3.63, 3.8) is 0 Å². The van der Waals surface area contributed by atoms with Gasteiger partial charge < -0.3 is 14.6 Å². The third kappa shape index (κ3) is 4.09. The van der Waals surface area contributed by atoms with E-state index in [9.17, 15) is 14.7 Å². The number of benzene rings is 4. The molecule has 0 spiro atoms. The van der Waals surface area contributed by atoms with Gasteiger partial charge in [-0.25, -0.2) is 9.59 Å². The van der Waals surface area contributed by atoms with Crippen molar-refractivity contribution in [3.05, 3.63) is 102 Å². The highest BCUT2D eigenvalue weighted by molar-refractivity contribution is 6.02. The lowest BCUT2D eigenvalue weighted by molar-refractivity contribution is 0.0724. The van der Waals surface area contributed by atoms with Gasteiger partial charge >= 0.3 is 11.9 Å². The van der Waals surface area contributed by atoms with Crippen molar-refractivity contribution in [1.29, 1.82) is 0 Å². The van der Waals surface area contributed by atoms with E-state index >= 15 is 0 Å². The number of fused-ring (bicyclic) bond motifs is 1. The first-order valence-corrected chi connectivity index (χ1v) is 8.91. The van der Waals surface area contributed by atoms with E-state index in [0.29, 0.717) is 27.8 Å². The first-order chi connectivity index (χ1) is 14.1. The van der Waals surface area contributed by atoms with E-state index in [-0.39, 0.29) is 11.3 Å². The fraction of sp³-hybridized carbons (Fsp3) is 0. The largest absolute Gasteiger partial charge is 0.507 e. The van der Waals surface area contributed by atoms with Crippen LogP contribution in [-0.4, -0.2) is 17.0 Å². The molecule has 1 N–H and O–H groups in total. The molecule has 0 aliphatic carbocycles. The van der Waals surface area contributed by atoms with E-state index in [1.54, 1.807) is 72.8 Å². The second kappa shape index (κ2) is 7.86. The summed E-state index contributed by atoms with van der Waals surface area (Å²) in [6.45, 7) is 0. The minimum Gasteiger partial charge on any atom is -0.507 e. The zero-order valence-electron chi connectivity index (χ0n) is 15.2. The van der Waals surface area contributed by atoms with E-state index in [1.165, 1.54) is 12.1 Å². The molecule has 0 aliphatic heterocycles. The van der Waals surface area contributed by atoms with Crippen LogP contribution in [0.4, 0.5) is 0 Å². The van der Waals surface area contributed by atoms with Crippen molar-refractivity contribution in [1.82, 2.24) is 0 Å². The molecule has 5 heteroatoms. The number of carbonyl (C=O) groups excluding carboxylic acids is 2. The number of hydrogen-bond acceptors (Lipinski definition) is 5. The van der Waals surface area contributed by atoms with Crippen LogP contribution in [-0.2, 0) is 0 Å². The van der Waals surface area contributed by atoms with Gasteiger partial charge in [-0.15, -0.1) is 0 Å². The fourth-order valence-corrected chi connectivity index (χ4v) is 2.88.